The lowest BCUT2D eigenvalue weighted by Gasteiger charge is -2.42. The number of ether oxygens (including phenoxy) is 1. The number of benzene rings is 1. The van der Waals surface area contributed by atoms with Crippen LogP contribution in [0.3, 0.4) is 0 Å². The topological polar surface area (TPSA) is 90.3 Å². The van der Waals surface area contributed by atoms with E-state index in [9.17, 15) is 13.6 Å². The number of allylic oxidation sites excluding steroid dienone is 1. The predicted molar refractivity (Wildman–Crippen MR) is 138 cm³/mol. The number of aromatic nitrogens is 1. The molecule has 35 heavy (non-hydrogen) atoms. The van der Waals surface area contributed by atoms with Crippen molar-refractivity contribution < 1.29 is 18.3 Å². The minimum absolute atomic E-state index is 0.0833. The van der Waals surface area contributed by atoms with Crippen molar-refractivity contribution in [1.82, 2.24) is 10.3 Å². The van der Waals surface area contributed by atoms with Crippen LogP contribution in [-0.4, -0.2) is 48.8 Å². The highest BCUT2D eigenvalue weighted by Crippen LogP contribution is 2.32. The van der Waals surface area contributed by atoms with Gasteiger partial charge in [-0.2, -0.15) is 8.78 Å². The maximum absolute atomic E-state index is 13.0. The second kappa shape index (κ2) is 12.9. The van der Waals surface area contributed by atoms with Gasteiger partial charge >= 0.3 is 6.11 Å². The van der Waals surface area contributed by atoms with E-state index in [1.54, 1.807) is 18.3 Å². The van der Waals surface area contributed by atoms with E-state index < -0.39 is 6.11 Å². The van der Waals surface area contributed by atoms with Crippen molar-refractivity contribution in [2.45, 2.75) is 52.2 Å². The van der Waals surface area contributed by atoms with E-state index in [2.05, 4.69) is 31.8 Å². The molecule has 1 aromatic heterocycles. The Balaban J connectivity index is 0.000000540. The molecule has 0 radical (unpaired) electrons. The maximum atomic E-state index is 13.0. The number of carbonyl (C=O) groups is 1. The van der Waals surface area contributed by atoms with E-state index in [0.29, 0.717) is 43.0 Å². The Labute approximate surface area is 206 Å². The van der Waals surface area contributed by atoms with Gasteiger partial charge in [0, 0.05) is 50.1 Å². The number of nitrogens with one attached hydrogen (secondary N) is 3. The van der Waals surface area contributed by atoms with Crippen LogP contribution in [-0.2, 0) is 4.79 Å². The number of nitrogens with zero attached hydrogens (tertiary/aromatic N) is 2. The third-order valence-corrected chi connectivity index (χ3v) is 5.35. The zero-order chi connectivity index (χ0) is 26.0. The minimum atomic E-state index is -3.23. The average Bonchev–Trinajstić information content (AvgIpc) is 2.79. The minimum Gasteiger partial charge on any atom is -0.433 e. The molecule has 7 nitrogen and oxygen atoms in total. The van der Waals surface area contributed by atoms with Crippen molar-refractivity contribution in [3.63, 3.8) is 0 Å². The Bertz CT molecular complexity index is 1000. The van der Waals surface area contributed by atoms with E-state index in [4.69, 9.17) is 5.41 Å². The van der Waals surface area contributed by atoms with Crippen LogP contribution in [0.2, 0.25) is 0 Å². The van der Waals surface area contributed by atoms with Gasteiger partial charge in [-0.25, -0.2) is 4.98 Å². The Kier molecular flexibility index (Phi) is 10.3. The number of pyridine rings is 1. The number of halogens is 2. The van der Waals surface area contributed by atoms with Crippen molar-refractivity contribution in [2.24, 2.45) is 0 Å². The fraction of sp³-hybridized carbons (Fsp3) is 0.423. The van der Waals surface area contributed by atoms with Gasteiger partial charge in [-0.15, -0.1) is 0 Å². The molecule has 9 heteroatoms. The van der Waals surface area contributed by atoms with Crippen molar-refractivity contribution >= 4 is 28.7 Å². The highest BCUT2D eigenvalue weighted by atomic mass is 19.3. The third-order valence-electron chi connectivity index (χ3n) is 5.35. The first-order chi connectivity index (χ1) is 16.6. The molecule has 0 aliphatic carbocycles. The summed E-state index contributed by atoms with van der Waals surface area (Å²) in [6.45, 7) is 9.69. The Hall–Kier alpha value is -3.33. The highest BCUT2D eigenvalue weighted by molar-refractivity contribution is 6.07. The first-order valence-electron chi connectivity index (χ1n) is 11.7. The van der Waals surface area contributed by atoms with Crippen LogP contribution in [0.1, 0.15) is 45.6 Å². The number of carbonyl (C=O) groups excluding carboxylic acids is 1. The van der Waals surface area contributed by atoms with E-state index in [0.717, 1.165) is 30.8 Å². The number of ketones is 1. The molecular weight excluding hydrogens is 452 g/mol. The molecule has 0 saturated carbocycles. The largest absolute Gasteiger partial charge is 0.433 e. The van der Waals surface area contributed by atoms with Crippen LogP contribution < -0.4 is 20.3 Å². The molecule has 1 fully saturated rings. The average molecular weight is 488 g/mol. The Morgan fingerprint density at radius 2 is 1.94 bits per heavy atom. The second-order valence-electron chi connectivity index (χ2n) is 8.26. The van der Waals surface area contributed by atoms with Gasteiger partial charge in [0.1, 0.15) is 11.6 Å². The molecule has 0 bridgehead atoms. The van der Waals surface area contributed by atoms with Crippen molar-refractivity contribution in [1.29, 1.82) is 5.41 Å². The Morgan fingerprint density at radius 3 is 2.43 bits per heavy atom. The standard InChI is InChI=1S/C20H25F2N5O.C6H10O/c1-4-16(23)18-17(27-11-14(12-27)24-3)9-10-25-19(18)26-13-5-7-15(8-6-13)28-20(2,21)22;1-3-5-6(7)4-2/h5-10,14,23-24H,4,11-12H2,1-3H3,(H,25,26);4H,2-3,5H2,1H3. The number of likely N-dealkylation sites (N-methyl/N-ethyl adjacent to an activating group) is 1. The van der Waals surface area contributed by atoms with Crippen LogP contribution in [0, 0.1) is 5.41 Å². The normalized spacial score (nSPS) is 13.3. The third kappa shape index (κ3) is 8.43. The number of anilines is 3. The molecule has 190 valence electrons. The lowest BCUT2D eigenvalue weighted by atomic mass is 10.0. The fourth-order valence-electron chi connectivity index (χ4n) is 3.44. The number of hydrogen-bond acceptors (Lipinski definition) is 7. The van der Waals surface area contributed by atoms with Crippen molar-refractivity contribution in [2.75, 3.05) is 30.4 Å². The monoisotopic (exact) mass is 487 g/mol. The predicted octanol–water partition coefficient (Wildman–Crippen LogP) is 5.54. The van der Waals surface area contributed by atoms with Gasteiger partial charge in [0.05, 0.1) is 11.3 Å². The lowest BCUT2D eigenvalue weighted by molar-refractivity contribution is -0.158. The van der Waals surface area contributed by atoms with E-state index in [-0.39, 0.29) is 11.5 Å². The number of rotatable bonds is 11. The molecule has 2 aromatic rings. The van der Waals surface area contributed by atoms with Gasteiger partial charge in [-0.1, -0.05) is 20.4 Å². The summed E-state index contributed by atoms with van der Waals surface area (Å²) in [5.74, 6) is 0.800. The van der Waals surface area contributed by atoms with Gasteiger partial charge in [-0.3, -0.25) is 4.79 Å². The van der Waals surface area contributed by atoms with Crippen LogP contribution in [0.4, 0.5) is 26.0 Å². The first kappa shape index (κ1) is 27.9. The molecule has 0 atom stereocenters. The van der Waals surface area contributed by atoms with Crippen LogP contribution >= 0.6 is 0 Å². The molecule has 1 aliphatic rings. The first-order valence-corrected chi connectivity index (χ1v) is 11.7. The molecule has 1 saturated heterocycles. The summed E-state index contributed by atoms with van der Waals surface area (Å²) in [5.41, 5.74) is 2.91. The summed E-state index contributed by atoms with van der Waals surface area (Å²) in [6.07, 6.45) is 2.00. The summed E-state index contributed by atoms with van der Waals surface area (Å²) in [4.78, 5) is 16.9. The van der Waals surface area contributed by atoms with Gasteiger partial charge in [0.2, 0.25) is 0 Å². The number of hydrogen-bond donors (Lipinski definition) is 3. The molecule has 3 rings (SSSR count). The van der Waals surface area contributed by atoms with Crippen LogP contribution in [0.25, 0.3) is 0 Å². The summed E-state index contributed by atoms with van der Waals surface area (Å²) >= 11 is 0. The molecular formula is C26H35F2N5O2. The summed E-state index contributed by atoms with van der Waals surface area (Å²) in [5, 5.41) is 14.9. The van der Waals surface area contributed by atoms with E-state index >= 15 is 0 Å². The Morgan fingerprint density at radius 1 is 1.29 bits per heavy atom. The molecule has 3 N–H and O–H groups in total. The van der Waals surface area contributed by atoms with Gasteiger partial charge in [-0.05, 0) is 56.3 Å². The van der Waals surface area contributed by atoms with E-state index in [1.807, 2.05) is 27.0 Å². The second-order valence-corrected chi connectivity index (χ2v) is 8.26. The zero-order valence-electron chi connectivity index (χ0n) is 20.8. The molecule has 0 spiro atoms. The van der Waals surface area contributed by atoms with Gasteiger partial charge in [0.15, 0.2) is 5.78 Å². The molecule has 2 heterocycles. The van der Waals surface area contributed by atoms with Gasteiger partial charge in [0.25, 0.3) is 0 Å². The van der Waals surface area contributed by atoms with Gasteiger partial charge < -0.3 is 25.7 Å². The molecule has 1 aromatic carbocycles. The smallest absolute Gasteiger partial charge is 0.394 e. The molecule has 0 amide bonds. The highest BCUT2D eigenvalue weighted by Gasteiger charge is 2.29. The number of alkyl halides is 2. The summed E-state index contributed by atoms with van der Waals surface area (Å²) < 4.78 is 30.5. The van der Waals surface area contributed by atoms with Crippen molar-refractivity contribution in [3.8, 4) is 5.75 Å². The SMILES string of the molecule is C=CC(=O)CCC.CCC(=N)c1c(N2CC(NC)C2)ccnc1Nc1ccc(OC(C)(F)F)cc1. The summed E-state index contributed by atoms with van der Waals surface area (Å²) in [6, 6.07) is 8.61. The maximum Gasteiger partial charge on any atom is 0.394 e. The van der Waals surface area contributed by atoms with E-state index in [1.165, 1.54) is 18.2 Å². The van der Waals surface area contributed by atoms with Crippen LogP contribution in [0.15, 0.2) is 49.2 Å². The van der Waals surface area contributed by atoms with Crippen molar-refractivity contribution in [3.05, 3.63) is 54.7 Å². The molecule has 0 unspecified atom stereocenters. The summed E-state index contributed by atoms with van der Waals surface area (Å²) in [7, 11) is 1.94. The fourth-order valence-corrected chi connectivity index (χ4v) is 3.44. The molecule has 1 aliphatic heterocycles. The quantitative estimate of drug-likeness (QED) is 0.285. The zero-order valence-corrected chi connectivity index (χ0v) is 20.8. The van der Waals surface area contributed by atoms with Crippen LogP contribution in [0.5, 0.6) is 5.75 Å². The lowest BCUT2D eigenvalue weighted by Crippen LogP contribution is -2.57.